The standard InChI is InChI=1S/C24H26ClN3O4/c1-32-18-11-9-15(10-12-18)24(31)28-20-8-3-2-7-19(20)27-23(30)21(28)14-22(29)26-17-6-4-5-16(25)13-17/h4-6,9-13,19-21H,2-3,7-8,14H2,1H3,(H,26,29)(H,27,30)/t19-,20-,21+/m0/s1. The molecular formula is C24H26ClN3O4. The van der Waals surface area contributed by atoms with Crippen LogP contribution in [0.4, 0.5) is 5.69 Å². The SMILES string of the molecule is COc1ccc(C(=O)N2[C@H](CC(=O)Nc3cccc(Cl)c3)C(=O)N[C@H]3CCCC[C@@H]32)cc1. The van der Waals surface area contributed by atoms with Gasteiger partial charge in [-0.2, -0.15) is 0 Å². The molecule has 1 saturated heterocycles. The molecule has 0 aromatic heterocycles. The number of carbonyl (C=O) groups is 3. The van der Waals surface area contributed by atoms with Gasteiger partial charge in [0.25, 0.3) is 5.91 Å². The van der Waals surface area contributed by atoms with Crippen molar-refractivity contribution in [1.82, 2.24) is 10.2 Å². The van der Waals surface area contributed by atoms with Crippen LogP contribution in [-0.4, -0.2) is 47.9 Å². The lowest BCUT2D eigenvalue weighted by molar-refractivity contribution is -0.135. The minimum atomic E-state index is -0.886. The van der Waals surface area contributed by atoms with Crippen molar-refractivity contribution in [3.63, 3.8) is 0 Å². The second-order valence-corrected chi connectivity index (χ2v) is 8.62. The molecule has 3 atom stereocenters. The van der Waals surface area contributed by atoms with Crippen molar-refractivity contribution in [3.8, 4) is 5.75 Å². The van der Waals surface area contributed by atoms with Gasteiger partial charge in [-0.3, -0.25) is 14.4 Å². The number of hydrogen-bond donors (Lipinski definition) is 2. The van der Waals surface area contributed by atoms with Gasteiger partial charge >= 0.3 is 0 Å². The highest BCUT2D eigenvalue weighted by Crippen LogP contribution is 2.31. The van der Waals surface area contributed by atoms with E-state index in [1.165, 1.54) is 0 Å². The fourth-order valence-electron chi connectivity index (χ4n) is 4.57. The van der Waals surface area contributed by atoms with Gasteiger partial charge in [-0.15, -0.1) is 0 Å². The first-order chi connectivity index (χ1) is 15.5. The summed E-state index contributed by atoms with van der Waals surface area (Å²) in [7, 11) is 1.56. The molecule has 32 heavy (non-hydrogen) atoms. The molecule has 2 aromatic rings. The maximum absolute atomic E-state index is 13.6. The highest BCUT2D eigenvalue weighted by atomic mass is 35.5. The Morgan fingerprint density at radius 1 is 1.16 bits per heavy atom. The van der Waals surface area contributed by atoms with Gasteiger partial charge in [-0.1, -0.05) is 30.5 Å². The zero-order valence-electron chi connectivity index (χ0n) is 17.8. The molecule has 0 spiro atoms. The molecule has 4 rings (SSSR count). The van der Waals surface area contributed by atoms with Crippen molar-refractivity contribution < 1.29 is 19.1 Å². The van der Waals surface area contributed by atoms with E-state index in [-0.39, 0.29) is 36.2 Å². The van der Waals surface area contributed by atoms with Crippen molar-refractivity contribution in [3.05, 3.63) is 59.1 Å². The summed E-state index contributed by atoms with van der Waals surface area (Å²) in [6.45, 7) is 0. The monoisotopic (exact) mass is 455 g/mol. The Balaban J connectivity index is 1.59. The van der Waals surface area contributed by atoms with Crippen LogP contribution in [0, 0.1) is 0 Å². The van der Waals surface area contributed by atoms with E-state index in [2.05, 4.69) is 10.6 Å². The number of rotatable bonds is 5. The van der Waals surface area contributed by atoms with E-state index < -0.39 is 6.04 Å². The van der Waals surface area contributed by atoms with Gasteiger partial charge in [-0.05, 0) is 55.3 Å². The second kappa shape index (κ2) is 9.61. The molecule has 8 heteroatoms. The predicted octanol–water partition coefficient (Wildman–Crippen LogP) is 3.63. The number of fused-ring (bicyclic) bond motifs is 1. The number of hydrogen-bond acceptors (Lipinski definition) is 4. The number of carbonyl (C=O) groups excluding carboxylic acids is 3. The lowest BCUT2D eigenvalue weighted by Crippen LogP contribution is -2.68. The molecule has 2 aliphatic rings. The number of halogens is 1. The molecule has 2 fully saturated rings. The van der Waals surface area contributed by atoms with Crippen molar-refractivity contribution in [2.45, 2.75) is 50.2 Å². The fraction of sp³-hybridized carbons (Fsp3) is 0.375. The molecule has 168 valence electrons. The average molecular weight is 456 g/mol. The van der Waals surface area contributed by atoms with Gasteiger partial charge in [0.15, 0.2) is 0 Å². The third kappa shape index (κ3) is 4.72. The van der Waals surface area contributed by atoms with Crippen LogP contribution in [0.3, 0.4) is 0 Å². The number of anilines is 1. The Hall–Kier alpha value is -3.06. The zero-order valence-corrected chi connectivity index (χ0v) is 18.6. The molecule has 0 bridgehead atoms. The first-order valence-corrected chi connectivity index (χ1v) is 11.2. The van der Waals surface area contributed by atoms with E-state index in [1.54, 1.807) is 60.5 Å². The number of nitrogens with one attached hydrogen (secondary N) is 2. The zero-order chi connectivity index (χ0) is 22.7. The number of methoxy groups -OCH3 is 1. The molecule has 3 amide bonds. The molecule has 7 nitrogen and oxygen atoms in total. The van der Waals surface area contributed by atoms with Crippen LogP contribution in [0.2, 0.25) is 5.02 Å². The van der Waals surface area contributed by atoms with Gasteiger partial charge < -0.3 is 20.3 Å². The molecule has 1 saturated carbocycles. The smallest absolute Gasteiger partial charge is 0.254 e. The molecule has 1 aliphatic carbocycles. The predicted molar refractivity (Wildman–Crippen MR) is 122 cm³/mol. The summed E-state index contributed by atoms with van der Waals surface area (Å²) >= 11 is 6.00. The molecule has 0 radical (unpaired) electrons. The Morgan fingerprint density at radius 3 is 2.62 bits per heavy atom. The highest BCUT2D eigenvalue weighted by Gasteiger charge is 2.46. The van der Waals surface area contributed by atoms with Crippen molar-refractivity contribution in [2.24, 2.45) is 0 Å². The molecule has 2 aromatic carbocycles. The second-order valence-electron chi connectivity index (χ2n) is 8.19. The maximum Gasteiger partial charge on any atom is 0.254 e. The summed E-state index contributed by atoms with van der Waals surface area (Å²) in [5.41, 5.74) is 1.01. The minimum absolute atomic E-state index is 0.0920. The summed E-state index contributed by atoms with van der Waals surface area (Å²) in [4.78, 5) is 41.0. The Bertz CT molecular complexity index is 1010. The third-order valence-electron chi connectivity index (χ3n) is 6.11. The molecule has 1 aliphatic heterocycles. The van der Waals surface area contributed by atoms with Crippen molar-refractivity contribution in [1.29, 1.82) is 0 Å². The highest BCUT2D eigenvalue weighted by molar-refractivity contribution is 6.30. The molecular weight excluding hydrogens is 430 g/mol. The van der Waals surface area contributed by atoms with Crippen LogP contribution in [-0.2, 0) is 9.59 Å². The first-order valence-electron chi connectivity index (χ1n) is 10.8. The van der Waals surface area contributed by atoms with Crippen LogP contribution in [0.15, 0.2) is 48.5 Å². The number of amides is 3. The van der Waals surface area contributed by atoms with Gasteiger partial charge in [-0.25, -0.2) is 0 Å². The summed E-state index contributed by atoms with van der Waals surface area (Å²) in [5.74, 6) is -0.253. The topological polar surface area (TPSA) is 87.7 Å². The largest absolute Gasteiger partial charge is 0.497 e. The van der Waals surface area contributed by atoms with Crippen molar-refractivity contribution >= 4 is 35.0 Å². The average Bonchev–Trinajstić information content (AvgIpc) is 2.79. The van der Waals surface area contributed by atoms with Gasteiger partial charge in [0.1, 0.15) is 11.8 Å². The Morgan fingerprint density at radius 2 is 1.91 bits per heavy atom. The number of nitrogens with zero attached hydrogens (tertiary/aromatic N) is 1. The molecule has 1 heterocycles. The van der Waals surface area contributed by atoms with E-state index in [9.17, 15) is 14.4 Å². The van der Waals surface area contributed by atoms with Crippen LogP contribution < -0.4 is 15.4 Å². The number of ether oxygens (including phenoxy) is 1. The van der Waals surface area contributed by atoms with Crippen LogP contribution in [0.5, 0.6) is 5.75 Å². The van der Waals surface area contributed by atoms with E-state index in [1.807, 2.05) is 0 Å². The summed E-state index contributed by atoms with van der Waals surface area (Å²) in [6, 6.07) is 12.5. The first kappa shape index (κ1) is 22.1. The van der Waals surface area contributed by atoms with Gasteiger partial charge in [0.2, 0.25) is 11.8 Å². The number of piperazine rings is 1. The molecule has 0 unspecified atom stereocenters. The van der Waals surface area contributed by atoms with E-state index in [0.717, 1.165) is 25.7 Å². The molecule has 2 N–H and O–H groups in total. The van der Waals surface area contributed by atoms with Crippen LogP contribution in [0.25, 0.3) is 0 Å². The quantitative estimate of drug-likeness (QED) is 0.720. The maximum atomic E-state index is 13.6. The summed E-state index contributed by atoms with van der Waals surface area (Å²) in [5, 5.41) is 6.33. The van der Waals surface area contributed by atoms with E-state index >= 15 is 0 Å². The van der Waals surface area contributed by atoms with Crippen LogP contribution in [0.1, 0.15) is 42.5 Å². The lowest BCUT2D eigenvalue weighted by atomic mass is 9.84. The third-order valence-corrected chi connectivity index (χ3v) is 6.35. The minimum Gasteiger partial charge on any atom is -0.497 e. The van der Waals surface area contributed by atoms with Crippen molar-refractivity contribution in [2.75, 3.05) is 12.4 Å². The Labute approximate surface area is 192 Å². The number of benzene rings is 2. The van der Waals surface area contributed by atoms with Crippen LogP contribution >= 0.6 is 11.6 Å². The van der Waals surface area contributed by atoms with Gasteiger partial charge in [0, 0.05) is 22.3 Å². The Kier molecular flexibility index (Phi) is 6.65. The lowest BCUT2D eigenvalue weighted by Gasteiger charge is -2.48. The van der Waals surface area contributed by atoms with Gasteiger partial charge in [0.05, 0.1) is 19.6 Å². The van der Waals surface area contributed by atoms with E-state index in [4.69, 9.17) is 16.3 Å². The fourth-order valence-corrected chi connectivity index (χ4v) is 4.76. The van der Waals surface area contributed by atoms with E-state index in [0.29, 0.717) is 22.0 Å². The normalized spacial score (nSPS) is 22.5. The summed E-state index contributed by atoms with van der Waals surface area (Å²) in [6.07, 6.45) is 3.46. The summed E-state index contributed by atoms with van der Waals surface area (Å²) < 4.78 is 5.18.